The van der Waals surface area contributed by atoms with Gasteiger partial charge in [0, 0.05) is 36.4 Å². The first-order valence-corrected chi connectivity index (χ1v) is 9.97. The molecule has 1 heterocycles. The van der Waals surface area contributed by atoms with Crippen LogP contribution < -0.4 is 15.4 Å². The standard InChI is InChI=1S/C23H28N2O4/c1-3-17-8-10-18(11-9-17)25-22(27)21(26)24-16-23(12-14-29-15-13-23)19-6-4-5-7-20(19)28-2/h4-11H,3,12-16H2,1-2H3,(H,24,26)(H,25,27). The van der Waals surface area contributed by atoms with E-state index in [1.54, 1.807) is 19.2 Å². The maximum atomic E-state index is 12.5. The monoisotopic (exact) mass is 396 g/mol. The smallest absolute Gasteiger partial charge is 0.313 e. The minimum Gasteiger partial charge on any atom is -0.496 e. The molecule has 2 aromatic rings. The van der Waals surface area contributed by atoms with Crippen LogP contribution in [-0.4, -0.2) is 38.7 Å². The van der Waals surface area contributed by atoms with Crippen molar-refractivity contribution >= 4 is 17.5 Å². The number of hydrogen-bond acceptors (Lipinski definition) is 4. The van der Waals surface area contributed by atoms with Crippen LogP contribution in [0.15, 0.2) is 48.5 Å². The maximum absolute atomic E-state index is 12.5. The van der Waals surface area contributed by atoms with Crippen molar-refractivity contribution in [2.45, 2.75) is 31.6 Å². The highest BCUT2D eigenvalue weighted by Gasteiger charge is 2.37. The lowest BCUT2D eigenvalue weighted by Gasteiger charge is -2.38. The van der Waals surface area contributed by atoms with Crippen LogP contribution in [0.3, 0.4) is 0 Å². The zero-order valence-electron chi connectivity index (χ0n) is 17.0. The number of rotatable bonds is 6. The van der Waals surface area contributed by atoms with Crippen molar-refractivity contribution in [2.24, 2.45) is 0 Å². The predicted molar refractivity (Wildman–Crippen MR) is 112 cm³/mol. The summed E-state index contributed by atoms with van der Waals surface area (Å²) in [5.41, 5.74) is 2.48. The lowest BCUT2D eigenvalue weighted by molar-refractivity contribution is -0.136. The molecule has 3 rings (SSSR count). The van der Waals surface area contributed by atoms with Gasteiger partial charge in [0.15, 0.2) is 0 Å². The van der Waals surface area contributed by atoms with Gasteiger partial charge in [0.25, 0.3) is 0 Å². The van der Waals surface area contributed by atoms with Crippen molar-refractivity contribution < 1.29 is 19.1 Å². The van der Waals surface area contributed by atoms with E-state index in [0.717, 1.165) is 30.6 Å². The summed E-state index contributed by atoms with van der Waals surface area (Å²) in [7, 11) is 1.64. The molecule has 1 aliphatic rings. The number of benzene rings is 2. The van der Waals surface area contributed by atoms with Gasteiger partial charge in [-0.25, -0.2) is 0 Å². The van der Waals surface area contributed by atoms with Crippen molar-refractivity contribution in [1.82, 2.24) is 5.32 Å². The second kappa shape index (κ2) is 9.56. The summed E-state index contributed by atoms with van der Waals surface area (Å²) in [6.07, 6.45) is 2.41. The summed E-state index contributed by atoms with van der Waals surface area (Å²) in [6.45, 7) is 3.61. The van der Waals surface area contributed by atoms with Crippen LogP contribution in [-0.2, 0) is 26.2 Å². The molecule has 2 aromatic carbocycles. The number of carbonyl (C=O) groups excluding carboxylic acids is 2. The first-order chi connectivity index (χ1) is 14.1. The summed E-state index contributed by atoms with van der Waals surface area (Å²) in [5.74, 6) is -0.536. The Balaban J connectivity index is 1.68. The van der Waals surface area contributed by atoms with Gasteiger partial charge in [-0.15, -0.1) is 0 Å². The second-order valence-electron chi connectivity index (χ2n) is 7.28. The molecule has 0 spiro atoms. The number of anilines is 1. The Morgan fingerprint density at radius 2 is 1.72 bits per heavy atom. The molecule has 2 N–H and O–H groups in total. The first-order valence-electron chi connectivity index (χ1n) is 9.97. The van der Waals surface area contributed by atoms with E-state index in [2.05, 4.69) is 17.6 Å². The van der Waals surface area contributed by atoms with Gasteiger partial charge in [-0.3, -0.25) is 9.59 Å². The Bertz CT molecular complexity index is 842. The Hall–Kier alpha value is -2.86. The number of para-hydroxylation sites is 1. The molecule has 0 aliphatic carbocycles. The van der Waals surface area contributed by atoms with Gasteiger partial charge < -0.3 is 20.1 Å². The average Bonchev–Trinajstić information content (AvgIpc) is 2.78. The van der Waals surface area contributed by atoms with E-state index in [0.29, 0.717) is 25.4 Å². The molecule has 6 heteroatoms. The van der Waals surface area contributed by atoms with Gasteiger partial charge >= 0.3 is 11.8 Å². The molecule has 0 bridgehead atoms. The average molecular weight is 396 g/mol. The summed E-state index contributed by atoms with van der Waals surface area (Å²) in [5, 5.41) is 5.48. The topological polar surface area (TPSA) is 76.7 Å². The minimum absolute atomic E-state index is 0.330. The van der Waals surface area contributed by atoms with Crippen molar-refractivity contribution in [2.75, 3.05) is 32.2 Å². The lowest BCUT2D eigenvalue weighted by atomic mass is 9.73. The zero-order chi connectivity index (χ0) is 20.7. The van der Waals surface area contributed by atoms with Gasteiger partial charge in [0.05, 0.1) is 7.11 Å². The highest BCUT2D eigenvalue weighted by atomic mass is 16.5. The molecule has 1 fully saturated rings. The third kappa shape index (κ3) is 4.95. The van der Waals surface area contributed by atoms with E-state index >= 15 is 0 Å². The number of ether oxygens (including phenoxy) is 2. The Kier molecular flexibility index (Phi) is 6.88. The molecular formula is C23H28N2O4. The molecular weight excluding hydrogens is 368 g/mol. The number of aryl methyl sites for hydroxylation is 1. The molecule has 154 valence electrons. The molecule has 1 aliphatic heterocycles. The fraction of sp³-hybridized carbons (Fsp3) is 0.391. The summed E-state index contributed by atoms with van der Waals surface area (Å²) < 4.78 is 11.1. The van der Waals surface area contributed by atoms with Gasteiger partial charge in [-0.2, -0.15) is 0 Å². The third-order valence-electron chi connectivity index (χ3n) is 5.54. The van der Waals surface area contributed by atoms with Crippen LogP contribution in [0.5, 0.6) is 5.75 Å². The molecule has 6 nitrogen and oxygen atoms in total. The molecule has 2 amide bonds. The number of amides is 2. The van der Waals surface area contributed by atoms with E-state index in [1.165, 1.54) is 5.56 Å². The van der Waals surface area contributed by atoms with Crippen molar-refractivity contribution in [3.8, 4) is 5.75 Å². The first kappa shape index (κ1) is 20.9. The van der Waals surface area contributed by atoms with Crippen LogP contribution in [0.4, 0.5) is 5.69 Å². The number of hydrogen-bond donors (Lipinski definition) is 2. The quantitative estimate of drug-likeness (QED) is 0.736. The number of methoxy groups -OCH3 is 1. The SMILES string of the molecule is CCc1ccc(NC(=O)C(=O)NCC2(c3ccccc3OC)CCOCC2)cc1. The molecule has 29 heavy (non-hydrogen) atoms. The van der Waals surface area contributed by atoms with Crippen LogP contribution in [0, 0.1) is 0 Å². The normalized spacial score (nSPS) is 15.4. The number of carbonyl (C=O) groups is 2. The van der Waals surface area contributed by atoms with E-state index in [4.69, 9.17) is 9.47 Å². The second-order valence-corrected chi connectivity index (χ2v) is 7.28. The van der Waals surface area contributed by atoms with Crippen LogP contribution in [0.1, 0.15) is 30.9 Å². The van der Waals surface area contributed by atoms with Gasteiger partial charge in [0.2, 0.25) is 0 Å². The number of nitrogens with one attached hydrogen (secondary N) is 2. The summed E-state index contributed by atoms with van der Waals surface area (Å²) in [6, 6.07) is 15.3. The van der Waals surface area contributed by atoms with Crippen LogP contribution in [0.2, 0.25) is 0 Å². The van der Waals surface area contributed by atoms with E-state index in [-0.39, 0.29) is 5.41 Å². The highest BCUT2D eigenvalue weighted by molar-refractivity contribution is 6.39. The Morgan fingerprint density at radius 3 is 2.38 bits per heavy atom. The molecule has 0 atom stereocenters. The van der Waals surface area contributed by atoms with E-state index in [9.17, 15) is 9.59 Å². The Morgan fingerprint density at radius 1 is 1.03 bits per heavy atom. The fourth-order valence-corrected chi connectivity index (χ4v) is 3.73. The molecule has 1 saturated heterocycles. The van der Waals surface area contributed by atoms with Crippen molar-refractivity contribution in [1.29, 1.82) is 0 Å². The predicted octanol–water partition coefficient (Wildman–Crippen LogP) is 3.06. The van der Waals surface area contributed by atoms with Crippen LogP contribution in [0.25, 0.3) is 0 Å². The van der Waals surface area contributed by atoms with Gasteiger partial charge in [-0.05, 0) is 43.0 Å². The summed E-state index contributed by atoms with van der Waals surface area (Å²) in [4.78, 5) is 24.8. The minimum atomic E-state index is -0.670. The molecule has 0 radical (unpaired) electrons. The maximum Gasteiger partial charge on any atom is 0.313 e. The van der Waals surface area contributed by atoms with E-state index < -0.39 is 11.8 Å². The van der Waals surface area contributed by atoms with Crippen molar-refractivity contribution in [3.63, 3.8) is 0 Å². The Labute approximate surface area is 171 Å². The van der Waals surface area contributed by atoms with Gasteiger partial charge in [0.1, 0.15) is 5.75 Å². The molecule has 0 saturated carbocycles. The largest absolute Gasteiger partial charge is 0.496 e. The van der Waals surface area contributed by atoms with E-state index in [1.807, 2.05) is 36.4 Å². The van der Waals surface area contributed by atoms with Crippen molar-refractivity contribution in [3.05, 3.63) is 59.7 Å². The third-order valence-corrected chi connectivity index (χ3v) is 5.54. The molecule has 0 unspecified atom stereocenters. The van der Waals surface area contributed by atoms with Crippen LogP contribution >= 0.6 is 0 Å². The summed E-state index contributed by atoms with van der Waals surface area (Å²) >= 11 is 0. The lowest BCUT2D eigenvalue weighted by Crippen LogP contribution is -2.47. The fourth-order valence-electron chi connectivity index (χ4n) is 3.73. The van der Waals surface area contributed by atoms with Gasteiger partial charge in [-0.1, -0.05) is 37.3 Å². The molecule has 0 aromatic heterocycles. The highest BCUT2D eigenvalue weighted by Crippen LogP contribution is 2.39. The zero-order valence-corrected chi connectivity index (χ0v) is 17.0.